The zero-order valence-corrected chi connectivity index (χ0v) is 10.9. The van der Waals surface area contributed by atoms with Crippen LogP contribution in [0.5, 0.6) is 0 Å². The third-order valence-electron chi connectivity index (χ3n) is 3.22. The van der Waals surface area contributed by atoms with E-state index < -0.39 is 11.9 Å². The van der Waals surface area contributed by atoms with E-state index in [1.165, 1.54) is 0 Å². The molecule has 5 heteroatoms. The summed E-state index contributed by atoms with van der Waals surface area (Å²) in [6, 6.07) is 7.07. The Balaban J connectivity index is 2.07. The number of rotatable bonds is 4. The minimum atomic E-state index is -0.782. The number of piperazine rings is 1. The number of nitrogens with one attached hydrogen (secondary N) is 1. The zero-order chi connectivity index (χ0) is 13.0. The lowest BCUT2D eigenvalue weighted by Crippen LogP contribution is -2.45. The summed E-state index contributed by atoms with van der Waals surface area (Å²) in [7, 11) is 0. The summed E-state index contributed by atoms with van der Waals surface area (Å²) < 4.78 is 0. The van der Waals surface area contributed by atoms with Gasteiger partial charge in [-0.3, -0.25) is 9.69 Å². The molecule has 1 atom stereocenters. The summed E-state index contributed by atoms with van der Waals surface area (Å²) >= 11 is 5.82. The Kier molecular flexibility index (Phi) is 4.58. The van der Waals surface area contributed by atoms with Gasteiger partial charge in [-0.2, -0.15) is 0 Å². The maximum atomic E-state index is 11.4. The lowest BCUT2D eigenvalue weighted by molar-refractivity contribution is -0.139. The molecule has 0 spiro atoms. The van der Waals surface area contributed by atoms with Crippen molar-refractivity contribution in [1.29, 1.82) is 0 Å². The van der Waals surface area contributed by atoms with Crippen molar-refractivity contribution in [3.8, 4) is 0 Å². The summed E-state index contributed by atoms with van der Waals surface area (Å²) in [5.41, 5.74) is 0.811. The van der Waals surface area contributed by atoms with E-state index >= 15 is 0 Å². The largest absolute Gasteiger partial charge is 0.481 e. The van der Waals surface area contributed by atoms with Crippen LogP contribution in [0.1, 0.15) is 11.5 Å². The lowest BCUT2D eigenvalue weighted by Gasteiger charge is -2.29. The van der Waals surface area contributed by atoms with Gasteiger partial charge in [0.15, 0.2) is 0 Å². The highest BCUT2D eigenvalue weighted by atomic mass is 35.5. The highest BCUT2D eigenvalue weighted by Gasteiger charge is 2.23. The van der Waals surface area contributed by atoms with E-state index in [2.05, 4.69) is 10.2 Å². The predicted molar refractivity (Wildman–Crippen MR) is 71.1 cm³/mol. The maximum absolute atomic E-state index is 11.4. The highest BCUT2D eigenvalue weighted by molar-refractivity contribution is 6.30. The minimum absolute atomic E-state index is 0.486. The summed E-state index contributed by atoms with van der Waals surface area (Å²) in [4.78, 5) is 13.6. The van der Waals surface area contributed by atoms with Gasteiger partial charge >= 0.3 is 5.97 Å². The van der Waals surface area contributed by atoms with Gasteiger partial charge in [-0.05, 0) is 17.7 Å². The summed E-state index contributed by atoms with van der Waals surface area (Å²) in [6.45, 7) is 4.20. The number of carboxylic acids is 1. The van der Waals surface area contributed by atoms with E-state index in [1.54, 1.807) is 24.3 Å². The highest BCUT2D eigenvalue weighted by Crippen LogP contribution is 2.20. The molecule has 4 nitrogen and oxygen atoms in total. The molecular weight excluding hydrogens is 252 g/mol. The Morgan fingerprint density at radius 3 is 2.50 bits per heavy atom. The Morgan fingerprint density at radius 2 is 1.94 bits per heavy atom. The number of hydrogen-bond acceptors (Lipinski definition) is 3. The number of hydrogen-bond donors (Lipinski definition) is 2. The van der Waals surface area contributed by atoms with Crippen LogP contribution >= 0.6 is 11.6 Å². The molecule has 1 heterocycles. The van der Waals surface area contributed by atoms with Crippen molar-refractivity contribution >= 4 is 17.6 Å². The Morgan fingerprint density at radius 1 is 1.33 bits per heavy atom. The molecule has 98 valence electrons. The second kappa shape index (κ2) is 6.18. The van der Waals surface area contributed by atoms with Crippen LogP contribution in [-0.2, 0) is 4.79 Å². The van der Waals surface area contributed by atoms with Gasteiger partial charge in [0.1, 0.15) is 0 Å². The van der Waals surface area contributed by atoms with E-state index in [4.69, 9.17) is 11.6 Å². The van der Waals surface area contributed by atoms with Gasteiger partial charge in [0.25, 0.3) is 0 Å². The van der Waals surface area contributed by atoms with E-state index in [1.807, 2.05) is 0 Å². The first-order chi connectivity index (χ1) is 8.66. The van der Waals surface area contributed by atoms with Gasteiger partial charge in [-0.25, -0.2) is 0 Å². The van der Waals surface area contributed by atoms with Crippen molar-refractivity contribution in [3.05, 3.63) is 34.9 Å². The molecule has 1 aliphatic rings. The van der Waals surface area contributed by atoms with Crippen LogP contribution in [0.4, 0.5) is 0 Å². The molecule has 1 aromatic rings. The standard InChI is InChI=1S/C13H17ClN2O2/c14-11-3-1-10(2-4-11)12(13(17)18)9-16-7-5-15-6-8-16/h1-4,12,15H,5-9H2,(H,17,18). The first kappa shape index (κ1) is 13.3. The van der Waals surface area contributed by atoms with Crippen LogP contribution in [0.2, 0.25) is 5.02 Å². The molecule has 2 N–H and O–H groups in total. The topological polar surface area (TPSA) is 52.6 Å². The van der Waals surface area contributed by atoms with Crippen LogP contribution in [0.15, 0.2) is 24.3 Å². The normalized spacial score (nSPS) is 18.5. The van der Waals surface area contributed by atoms with Crippen molar-refractivity contribution in [2.24, 2.45) is 0 Å². The van der Waals surface area contributed by atoms with Gasteiger partial charge in [0.2, 0.25) is 0 Å². The van der Waals surface area contributed by atoms with Crippen LogP contribution in [0.25, 0.3) is 0 Å². The van der Waals surface area contributed by atoms with Crippen molar-refractivity contribution in [2.45, 2.75) is 5.92 Å². The number of benzene rings is 1. The number of nitrogens with zero attached hydrogens (tertiary/aromatic N) is 1. The van der Waals surface area contributed by atoms with Gasteiger partial charge in [0.05, 0.1) is 5.92 Å². The third-order valence-corrected chi connectivity index (χ3v) is 3.47. The maximum Gasteiger partial charge on any atom is 0.312 e. The summed E-state index contributed by atoms with van der Waals surface area (Å²) in [5.74, 6) is -1.27. The molecule has 0 amide bonds. The molecule has 1 aliphatic heterocycles. The predicted octanol–water partition coefficient (Wildman–Crippen LogP) is 1.41. The van der Waals surface area contributed by atoms with E-state index in [0.717, 1.165) is 31.7 Å². The summed E-state index contributed by atoms with van der Waals surface area (Å²) in [6.07, 6.45) is 0. The Labute approximate surface area is 112 Å². The van der Waals surface area contributed by atoms with Crippen LogP contribution < -0.4 is 5.32 Å². The van der Waals surface area contributed by atoms with E-state index in [9.17, 15) is 9.90 Å². The first-order valence-corrected chi connectivity index (χ1v) is 6.46. The van der Waals surface area contributed by atoms with Gasteiger partial charge in [-0.15, -0.1) is 0 Å². The summed E-state index contributed by atoms with van der Waals surface area (Å²) in [5, 5.41) is 13.2. The number of carboxylic acid groups (broad SMARTS) is 1. The average molecular weight is 269 g/mol. The van der Waals surface area contributed by atoms with Crippen molar-refractivity contribution in [3.63, 3.8) is 0 Å². The molecule has 1 saturated heterocycles. The van der Waals surface area contributed by atoms with Gasteiger partial charge in [0, 0.05) is 37.7 Å². The average Bonchev–Trinajstić information content (AvgIpc) is 2.38. The Hall–Kier alpha value is -1.10. The fourth-order valence-corrected chi connectivity index (χ4v) is 2.30. The molecule has 0 aromatic heterocycles. The fourth-order valence-electron chi connectivity index (χ4n) is 2.17. The van der Waals surface area contributed by atoms with E-state index in [0.29, 0.717) is 11.6 Å². The van der Waals surface area contributed by atoms with Gasteiger partial charge in [-0.1, -0.05) is 23.7 Å². The van der Waals surface area contributed by atoms with Crippen molar-refractivity contribution < 1.29 is 9.90 Å². The van der Waals surface area contributed by atoms with Crippen LogP contribution in [0.3, 0.4) is 0 Å². The second-order valence-electron chi connectivity index (χ2n) is 4.49. The smallest absolute Gasteiger partial charge is 0.312 e. The molecule has 1 fully saturated rings. The first-order valence-electron chi connectivity index (χ1n) is 6.08. The second-order valence-corrected chi connectivity index (χ2v) is 4.93. The molecule has 1 aromatic carbocycles. The van der Waals surface area contributed by atoms with Crippen LogP contribution in [-0.4, -0.2) is 48.7 Å². The Bertz CT molecular complexity index is 402. The third kappa shape index (κ3) is 3.45. The molecular formula is C13H17ClN2O2. The number of carbonyl (C=O) groups is 1. The number of aliphatic carboxylic acids is 1. The molecule has 18 heavy (non-hydrogen) atoms. The molecule has 0 bridgehead atoms. The SMILES string of the molecule is O=C(O)C(CN1CCNCC1)c1ccc(Cl)cc1. The monoisotopic (exact) mass is 268 g/mol. The van der Waals surface area contributed by atoms with Crippen molar-refractivity contribution in [2.75, 3.05) is 32.7 Å². The number of halogens is 1. The fraction of sp³-hybridized carbons (Fsp3) is 0.462. The molecule has 0 aliphatic carbocycles. The molecule has 1 unspecified atom stereocenters. The zero-order valence-electron chi connectivity index (χ0n) is 10.1. The van der Waals surface area contributed by atoms with Crippen LogP contribution in [0, 0.1) is 0 Å². The molecule has 2 rings (SSSR count). The van der Waals surface area contributed by atoms with E-state index in [-0.39, 0.29) is 0 Å². The molecule has 0 saturated carbocycles. The quantitative estimate of drug-likeness (QED) is 0.867. The minimum Gasteiger partial charge on any atom is -0.481 e. The van der Waals surface area contributed by atoms with Gasteiger partial charge < -0.3 is 10.4 Å². The van der Waals surface area contributed by atoms with Crippen molar-refractivity contribution in [1.82, 2.24) is 10.2 Å². The molecule has 0 radical (unpaired) electrons. The lowest BCUT2D eigenvalue weighted by atomic mass is 9.98.